The van der Waals surface area contributed by atoms with E-state index < -0.39 is 12.0 Å². The zero-order valence-electron chi connectivity index (χ0n) is 13.7. The van der Waals surface area contributed by atoms with Crippen molar-refractivity contribution in [1.82, 2.24) is 10.2 Å². The zero-order chi connectivity index (χ0) is 16.9. The summed E-state index contributed by atoms with van der Waals surface area (Å²) in [7, 11) is 0. The first-order chi connectivity index (χ1) is 11.6. The van der Waals surface area contributed by atoms with E-state index in [1.165, 1.54) is 0 Å². The fourth-order valence-electron chi connectivity index (χ4n) is 3.09. The van der Waals surface area contributed by atoms with Crippen LogP contribution in [-0.4, -0.2) is 41.7 Å². The molecule has 0 aliphatic carbocycles. The molecule has 0 amide bonds. The third kappa shape index (κ3) is 3.75. The van der Waals surface area contributed by atoms with E-state index in [0.29, 0.717) is 12.3 Å². The van der Waals surface area contributed by atoms with Crippen LogP contribution in [0.4, 0.5) is 0 Å². The minimum absolute atomic E-state index is 0.165. The van der Waals surface area contributed by atoms with E-state index in [1.54, 1.807) is 0 Å². The molecule has 1 saturated heterocycles. The van der Waals surface area contributed by atoms with E-state index in [1.807, 2.05) is 66.4 Å². The Kier molecular flexibility index (Phi) is 5.13. The lowest BCUT2D eigenvalue weighted by Crippen LogP contribution is -2.52. The van der Waals surface area contributed by atoms with Gasteiger partial charge in [-0.2, -0.15) is 0 Å². The van der Waals surface area contributed by atoms with E-state index in [9.17, 15) is 9.90 Å². The molecule has 3 rings (SSSR count). The highest BCUT2D eigenvalue weighted by molar-refractivity contribution is 5.76. The third-order valence-electron chi connectivity index (χ3n) is 4.27. The van der Waals surface area contributed by atoms with Crippen LogP contribution in [0, 0.1) is 0 Å². The maximum atomic E-state index is 11.9. The largest absolute Gasteiger partial charge is 0.480 e. The van der Waals surface area contributed by atoms with Crippen molar-refractivity contribution in [2.75, 3.05) is 19.6 Å². The molecule has 2 unspecified atom stereocenters. The van der Waals surface area contributed by atoms with Crippen LogP contribution in [0.2, 0.25) is 0 Å². The summed E-state index contributed by atoms with van der Waals surface area (Å²) in [6.45, 7) is 4.35. The Morgan fingerprint density at radius 3 is 2.67 bits per heavy atom. The number of carboxylic acids is 1. The van der Waals surface area contributed by atoms with Gasteiger partial charge in [-0.1, -0.05) is 30.3 Å². The Labute approximate surface area is 141 Å². The number of carboxylic acid groups (broad SMARTS) is 1. The van der Waals surface area contributed by atoms with E-state index >= 15 is 0 Å². The van der Waals surface area contributed by atoms with Crippen LogP contribution < -0.4 is 10.1 Å². The van der Waals surface area contributed by atoms with Crippen molar-refractivity contribution in [2.45, 2.75) is 19.0 Å². The van der Waals surface area contributed by atoms with Crippen molar-refractivity contribution in [3.05, 3.63) is 60.2 Å². The number of benzene rings is 2. The van der Waals surface area contributed by atoms with Gasteiger partial charge in [-0.3, -0.25) is 9.69 Å². The molecule has 1 aliphatic heterocycles. The summed E-state index contributed by atoms with van der Waals surface area (Å²) in [5.74, 6) is 0.547. The summed E-state index contributed by atoms with van der Waals surface area (Å²) in [4.78, 5) is 13.9. The van der Waals surface area contributed by atoms with Crippen molar-refractivity contribution >= 4 is 5.97 Å². The van der Waals surface area contributed by atoms with Gasteiger partial charge in [-0.25, -0.2) is 0 Å². The quantitative estimate of drug-likeness (QED) is 0.885. The van der Waals surface area contributed by atoms with Gasteiger partial charge < -0.3 is 15.2 Å². The lowest BCUT2D eigenvalue weighted by atomic mass is 10.0. The molecule has 1 fully saturated rings. The highest BCUT2D eigenvalue weighted by Gasteiger charge is 2.32. The maximum Gasteiger partial charge on any atom is 0.325 e. The Bertz CT molecular complexity index is 690. The molecular formula is C19H22N2O3. The normalized spacial score (nSPS) is 19.6. The first-order valence-electron chi connectivity index (χ1n) is 8.17. The number of aliphatic carboxylic acids is 1. The SMILES string of the molecule is CC1CNCCN1C(C(=O)O)c1cccc(Oc2ccccc2)c1. The second-order valence-corrected chi connectivity index (χ2v) is 6.02. The van der Waals surface area contributed by atoms with Crippen molar-refractivity contribution < 1.29 is 14.6 Å². The molecule has 1 heterocycles. The number of rotatable bonds is 5. The standard InChI is InChI=1S/C19H22N2O3/c1-14-13-20-10-11-21(14)18(19(22)23)15-6-5-9-17(12-15)24-16-7-3-2-4-8-16/h2-9,12,14,18,20H,10-11,13H2,1H3,(H,22,23). The fraction of sp³-hybridized carbons (Fsp3) is 0.316. The monoisotopic (exact) mass is 326 g/mol. The number of piperazine rings is 1. The molecule has 0 radical (unpaired) electrons. The number of hydrogen-bond donors (Lipinski definition) is 2. The predicted molar refractivity (Wildman–Crippen MR) is 92.4 cm³/mol. The number of carbonyl (C=O) groups is 1. The second-order valence-electron chi connectivity index (χ2n) is 6.02. The van der Waals surface area contributed by atoms with Crippen LogP contribution in [0.1, 0.15) is 18.5 Å². The Balaban J connectivity index is 1.86. The van der Waals surface area contributed by atoms with Crippen molar-refractivity contribution in [1.29, 1.82) is 0 Å². The summed E-state index contributed by atoms with van der Waals surface area (Å²) in [6, 6.07) is 16.3. The molecule has 2 atom stereocenters. The summed E-state index contributed by atoms with van der Waals surface area (Å²) in [6.07, 6.45) is 0. The Morgan fingerprint density at radius 1 is 1.21 bits per heavy atom. The zero-order valence-corrected chi connectivity index (χ0v) is 13.7. The highest BCUT2D eigenvalue weighted by Crippen LogP contribution is 2.29. The van der Waals surface area contributed by atoms with Crippen LogP contribution in [0.15, 0.2) is 54.6 Å². The molecule has 2 aromatic rings. The van der Waals surface area contributed by atoms with Crippen molar-refractivity contribution in [3.63, 3.8) is 0 Å². The summed E-state index contributed by atoms with van der Waals surface area (Å²) >= 11 is 0. The average Bonchev–Trinajstić information content (AvgIpc) is 2.58. The smallest absolute Gasteiger partial charge is 0.325 e. The Morgan fingerprint density at radius 2 is 1.96 bits per heavy atom. The molecule has 0 aromatic heterocycles. The number of nitrogens with one attached hydrogen (secondary N) is 1. The fourth-order valence-corrected chi connectivity index (χ4v) is 3.09. The summed E-state index contributed by atoms with van der Waals surface area (Å²) in [5.41, 5.74) is 0.740. The van der Waals surface area contributed by atoms with Crippen LogP contribution in [-0.2, 0) is 4.79 Å². The van der Waals surface area contributed by atoms with E-state index in [0.717, 1.165) is 24.4 Å². The molecule has 0 bridgehead atoms. The lowest BCUT2D eigenvalue weighted by Gasteiger charge is -2.38. The van der Waals surface area contributed by atoms with Gasteiger partial charge in [0.05, 0.1) is 0 Å². The van der Waals surface area contributed by atoms with Crippen molar-refractivity contribution in [3.8, 4) is 11.5 Å². The first-order valence-corrected chi connectivity index (χ1v) is 8.17. The minimum Gasteiger partial charge on any atom is -0.480 e. The molecule has 1 aliphatic rings. The van der Waals surface area contributed by atoms with Crippen LogP contribution in [0.5, 0.6) is 11.5 Å². The van der Waals surface area contributed by atoms with E-state index in [4.69, 9.17) is 4.74 Å². The van der Waals surface area contributed by atoms with Gasteiger partial charge in [0.15, 0.2) is 0 Å². The van der Waals surface area contributed by atoms with Gasteiger partial charge in [-0.05, 0) is 36.8 Å². The van der Waals surface area contributed by atoms with Crippen LogP contribution >= 0.6 is 0 Å². The van der Waals surface area contributed by atoms with E-state index in [2.05, 4.69) is 5.32 Å². The van der Waals surface area contributed by atoms with Gasteiger partial charge in [0.1, 0.15) is 17.5 Å². The number of nitrogens with zero attached hydrogens (tertiary/aromatic N) is 1. The number of hydrogen-bond acceptors (Lipinski definition) is 4. The lowest BCUT2D eigenvalue weighted by molar-refractivity contribution is -0.145. The Hall–Kier alpha value is -2.37. The van der Waals surface area contributed by atoms with Crippen LogP contribution in [0.25, 0.3) is 0 Å². The number of ether oxygens (including phenoxy) is 1. The molecule has 5 nitrogen and oxygen atoms in total. The average molecular weight is 326 g/mol. The van der Waals surface area contributed by atoms with Gasteiger partial charge in [0, 0.05) is 25.7 Å². The second kappa shape index (κ2) is 7.47. The minimum atomic E-state index is -0.833. The molecule has 2 aromatic carbocycles. The van der Waals surface area contributed by atoms with Gasteiger partial charge in [0.2, 0.25) is 0 Å². The molecule has 0 saturated carbocycles. The maximum absolute atomic E-state index is 11.9. The van der Waals surface area contributed by atoms with Gasteiger partial charge in [0.25, 0.3) is 0 Å². The molecule has 0 spiro atoms. The molecule has 5 heteroatoms. The molecule has 126 valence electrons. The first kappa shape index (κ1) is 16.5. The highest BCUT2D eigenvalue weighted by atomic mass is 16.5. The van der Waals surface area contributed by atoms with Gasteiger partial charge in [-0.15, -0.1) is 0 Å². The summed E-state index contributed by atoms with van der Waals surface area (Å²) in [5, 5.41) is 13.1. The third-order valence-corrected chi connectivity index (χ3v) is 4.27. The summed E-state index contributed by atoms with van der Waals surface area (Å²) < 4.78 is 5.84. The number of para-hydroxylation sites is 1. The van der Waals surface area contributed by atoms with Crippen LogP contribution in [0.3, 0.4) is 0 Å². The van der Waals surface area contributed by atoms with Crippen molar-refractivity contribution in [2.24, 2.45) is 0 Å². The molecular weight excluding hydrogens is 304 g/mol. The van der Waals surface area contributed by atoms with Gasteiger partial charge >= 0.3 is 5.97 Å². The molecule has 2 N–H and O–H groups in total. The molecule has 24 heavy (non-hydrogen) atoms. The topological polar surface area (TPSA) is 61.8 Å². The van der Waals surface area contributed by atoms with E-state index in [-0.39, 0.29) is 6.04 Å². The predicted octanol–water partition coefficient (Wildman–Crippen LogP) is 2.90.